The summed E-state index contributed by atoms with van der Waals surface area (Å²) in [4.78, 5) is 72.4. The van der Waals surface area contributed by atoms with E-state index in [0.29, 0.717) is 25.7 Å². The predicted molar refractivity (Wildman–Crippen MR) is 363 cm³/mol. The molecule has 0 heterocycles. The Morgan fingerprint density at radius 1 is 0.311 bits per heavy atom. The third-order valence-electron chi connectivity index (χ3n) is 17.2. The lowest BCUT2D eigenvalue weighted by atomic mass is 10.00. The average Bonchev–Trinajstić information content (AvgIpc) is 3.61. The number of carbonyl (C=O) groups excluding carboxylic acids is 4. The molecule has 0 aliphatic heterocycles. The molecule has 3 N–H and O–H groups in total. The van der Waals surface area contributed by atoms with Crippen molar-refractivity contribution in [2.45, 2.75) is 381 Å². The number of aliphatic hydroxyl groups is 1. The number of rotatable bonds is 70. The van der Waals surface area contributed by atoms with Gasteiger partial charge in [0.1, 0.15) is 19.3 Å². The van der Waals surface area contributed by atoms with Crippen LogP contribution in [0.1, 0.15) is 363 Å². The number of ether oxygens (including phenoxy) is 4. The molecular weight excluding hydrogens is 1190 g/mol. The molecule has 0 bridgehead atoms. The molecule has 0 aromatic heterocycles. The van der Waals surface area contributed by atoms with E-state index in [1.807, 2.05) is 0 Å². The van der Waals surface area contributed by atoms with Gasteiger partial charge in [0.15, 0.2) is 12.2 Å². The zero-order chi connectivity index (χ0) is 66.5. The van der Waals surface area contributed by atoms with Crippen molar-refractivity contribution in [3.63, 3.8) is 0 Å². The van der Waals surface area contributed by atoms with Crippen molar-refractivity contribution in [2.24, 2.45) is 11.8 Å². The van der Waals surface area contributed by atoms with E-state index in [9.17, 15) is 43.2 Å². The van der Waals surface area contributed by atoms with Crippen molar-refractivity contribution in [1.82, 2.24) is 0 Å². The number of hydrogen-bond acceptors (Lipinski definition) is 15. The monoisotopic (exact) mass is 1320 g/mol. The van der Waals surface area contributed by atoms with Crippen molar-refractivity contribution >= 4 is 39.5 Å². The molecule has 0 aromatic carbocycles. The molecule has 0 aliphatic carbocycles. The molecule has 534 valence electrons. The number of esters is 4. The van der Waals surface area contributed by atoms with E-state index in [2.05, 4.69) is 41.5 Å². The molecule has 4 unspecified atom stereocenters. The number of hydrogen-bond donors (Lipinski definition) is 3. The minimum absolute atomic E-state index is 0.103. The molecule has 17 nitrogen and oxygen atoms in total. The Kier molecular flexibility index (Phi) is 61.8. The van der Waals surface area contributed by atoms with E-state index < -0.39 is 97.5 Å². The van der Waals surface area contributed by atoms with Crippen molar-refractivity contribution in [1.29, 1.82) is 0 Å². The molecule has 90 heavy (non-hydrogen) atoms. The molecule has 0 radical (unpaired) electrons. The summed E-state index contributed by atoms with van der Waals surface area (Å²) < 4.78 is 68.2. The van der Waals surface area contributed by atoms with Crippen LogP contribution >= 0.6 is 15.6 Å². The summed E-state index contributed by atoms with van der Waals surface area (Å²) in [5.74, 6) is -0.679. The molecule has 7 atom stereocenters. The lowest BCUT2D eigenvalue weighted by Gasteiger charge is -2.21. The largest absolute Gasteiger partial charge is 0.472 e. The number of carbonyl (C=O) groups is 4. The molecule has 0 rings (SSSR count). The summed E-state index contributed by atoms with van der Waals surface area (Å²) in [5.41, 5.74) is 0. The van der Waals surface area contributed by atoms with Gasteiger partial charge in [-0.15, -0.1) is 0 Å². The normalized spacial score (nSPS) is 14.7. The highest BCUT2D eigenvalue weighted by Gasteiger charge is 2.30. The summed E-state index contributed by atoms with van der Waals surface area (Å²) in [5, 5.41) is 10.6. The fourth-order valence-electron chi connectivity index (χ4n) is 10.7. The van der Waals surface area contributed by atoms with Crippen LogP contribution < -0.4 is 0 Å². The van der Waals surface area contributed by atoms with Gasteiger partial charge in [0.2, 0.25) is 0 Å². The summed E-state index contributed by atoms with van der Waals surface area (Å²) in [7, 11) is -9.90. The Balaban J connectivity index is 5.15. The number of unbranched alkanes of at least 4 members (excludes halogenated alkanes) is 38. The minimum Gasteiger partial charge on any atom is -0.462 e. The maximum absolute atomic E-state index is 13.0. The summed E-state index contributed by atoms with van der Waals surface area (Å²) >= 11 is 0. The van der Waals surface area contributed by atoms with E-state index in [1.165, 1.54) is 173 Å². The summed E-state index contributed by atoms with van der Waals surface area (Å²) in [6.07, 6.45) is 48.9. The Morgan fingerprint density at radius 3 is 0.789 bits per heavy atom. The smallest absolute Gasteiger partial charge is 0.462 e. The number of phosphoric acid groups is 2. The molecule has 0 amide bonds. The van der Waals surface area contributed by atoms with Gasteiger partial charge < -0.3 is 33.8 Å². The lowest BCUT2D eigenvalue weighted by molar-refractivity contribution is -0.161. The minimum atomic E-state index is -4.95. The van der Waals surface area contributed by atoms with Gasteiger partial charge in [0, 0.05) is 25.7 Å². The number of phosphoric ester groups is 2. The molecule has 0 saturated heterocycles. The van der Waals surface area contributed by atoms with Crippen LogP contribution in [0.15, 0.2) is 0 Å². The van der Waals surface area contributed by atoms with Gasteiger partial charge in [-0.2, -0.15) is 0 Å². The molecular formula is C71H138O17P2. The molecule has 0 aromatic rings. The van der Waals surface area contributed by atoms with Crippen LogP contribution in [0.4, 0.5) is 0 Å². The fraction of sp³-hybridized carbons (Fsp3) is 0.944. The first kappa shape index (κ1) is 88.1. The topological polar surface area (TPSA) is 237 Å². The van der Waals surface area contributed by atoms with E-state index >= 15 is 0 Å². The van der Waals surface area contributed by atoms with Crippen molar-refractivity contribution in [3.05, 3.63) is 0 Å². The lowest BCUT2D eigenvalue weighted by Crippen LogP contribution is -2.30. The first-order valence-corrected chi connectivity index (χ1v) is 40.1. The van der Waals surface area contributed by atoms with E-state index in [-0.39, 0.29) is 25.7 Å². The maximum atomic E-state index is 13.0. The zero-order valence-corrected chi connectivity index (χ0v) is 60.2. The summed E-state index contributed by atoms with van der Waals surface area (Å²) in [6.45, 7) is 9.44. The van der Waals surface area contributed by atoms with E-state index in [0.717, 1.165) is 108 Å². The molecule has 19 heteroatoms. The Labute approximate surface area is 549 Å². The Hall–Kier alpha value is -1.94. The molecule has 0 aliphatic rings. The van der Waals surface area contributed by atoms with E-state index in [1.54, 1.807) is 0 Å². The Bertz CT molecular complexity index is 1760. The fourth-order valence-corrected chi connectivity index (χ4v) is 12.3. The highest BCUT2D eigenvalue weighted by atomic mass is 31.2. The van der Waals surface area contributed by atoms with Gasteiger partial charge in [0.05, 0.1) is 26.4 Å². The first-order valence-electron chi connectivity index (χ1n) is 37.1. The third-order valence-corrected chi connectivity index (χ3v) is 19.1. The van der Waals surface area contributed by atoms with Crippen LogP contribution in [-0.2, 0) is 65.4 Å². The second-order valence-corrected chi connectivity index (χ2v) is 29.0. The highest BCUT2D eigenvalue weighted by molar-refractivity contribution is 7.47. The zero-order valence-electron chi connectivity index (χ0n) is 58.4. The van der Waals surface area contributed by atoms with Crippen LogP contribution in [0.25, 0.3) is 0 Å². The second kappa shape index (κ2) is 63.1. The van der Waals surface area contributed by atoms with Crippen LogP contribution in [-0.4, -0.2) is 96.7 Å². The van der Waals surface area contributed by atoms with Crippen molar-refractivity contribution in [2.75, 3.05) is 39.6 Å². The van der Waals surface area contributed by atoms with Gasteiger partial charge >= 0.3 is 39.5 Å². The van der Waals surface area contributed by atoms with Gasteiger partial charge in [-0.1, -0.05) is 311 Å². The van der Waals surface area contributed by atoms with Crippen molar-refractivity contribution in [3.8, 4) is 0 Å². The van der Waals surface area contributed by atoms with Crippen LogP contribution in [0.5, 0.6) is 0 Å². The average molecular weight is 1330 g/mol. The van der Waals surface area contributed by atoms with Gasteiger partial charge in [-0.05, 0) is 37.5 Å². The molecule has 0 fully saturated rings. The van der Waals surface area contributed by atoms with Gasteiger partial charge in [-0.3, -0.25) is 37.3 Å². The second-order valence-electron chi connectivity index (χ2n) is 26.1. The van der Waals surface area contributed by atoms with Crippen LogP contribution in [0.3, 0.4) is 0 Å². The third kappa shape index (κ3) is 62.2. The summed E-state index contributed by atoms with van der Waals surface area (Å²) in [6, 6.07) is 0. The standard InChI is InChI=1S/C71H138O17P2/c1-7-11-13-15-17-19-20-21-22-23-24-25-26-27-28-29-30-32-34-43-49-55-70(75)87-66(60-82-69(74)54-48-42-37-35-39-45-51-63(5)9-3)61-85-89(77,78)83-57-65(72)58-84-90(79,80)86-62-67(59-81-68(73)53-47-41-33-31-18-16-14-12-8-2)88-71(76)56-50-44-38-36-40-46-52-64(6)10-4/h63-67,72H,7-62H2,1-6H3,(H,77,78)(H,79,80)/t63?,64?,65-,66-,67-/m1/s1. The van der Waals surface area contributed by atoms with Crippen LogP contribution in [0, 0.1) is 11.8 Å². The SMILES string of the molecule is CCCCCCCCCCCCCCCCCCCCCCCC(=O)O[C@H](COC(=O)CCCCCCCCC(C)CC)COP(=O)(O)OC[C@@H](O)COP(=O)(O)OC[C@@H](COC(=O)CCCCCCCCCCC)OC(=O)CCCCCCCCC(C)CC. The van der Waals surface area contributed by atoms with Crippen LogP contribution in [0.2, 0.25) is 0 Å². The Morgan fingerprint density at radius 2 is 0.533 bits per heavy atom. The quantitative estimate of drug-likeness (QED) is 0.0222. The van der Waals surface area contributed by atoms with E-state index in [4.69, 9.17) is 37.0 Å². The molecule has 0 saturated carbocycles. The maximum Gasteiger partial charge on any atom is 0.472 e. The van der Waals surface area contributed by atoms with Gasteiger partial charge in [0.25, 0.3) is 0 Å². The predicted octanol–water partition coefficient (Wildman–Crippen LogP) is 20.4. The van der Waals surface area contributed by atoms with Crippen molar-refractivity contribution < 1.29 is 80.2 Å². The first-order chi connectivity index (χ1) is 43.4. The highest BCUT2D eigenvalue weighted by Crippen LogP contribution is 2.45. The van der Waals surface area contributed by atoms with Gasteiger partial charge in [-0.25, -0.2) is 9.13 Å². The molecule has 0 spiro atoms. The number of aliphatic hydroxyl groups excluding tert-OH is 1.